The molecule has 0 saturated heterocycles. The highest BCUT2D eigenvalue weighted by atomic mass is 19.1. The van der Waals surface area contributed by atoms with Crippen LogP contribution in [0.5, 0.6) is 5.75 Å². The quantitative estimate of drug-likeness (QED) is 0.480. The van der Waals surface area contributed by atoms with Crippen LogP contribution in [0.3, 0.4) is 0 Å². The van der Waals surface area contributed by atoms with Crippen LogP contribution in [0.15, 0.2) is 12.3 Å². The molecule has 1 rings (SSSR count). The zero-order valence-electron chi connectivity index (χ0n) is 6.36. The van der Waals surface area contributed by atoms with Gasteiger partial charge < -0.3 is 14.7 Å². The van der Waals surface area contributed by atoms with Crippen molar-refractivity contribution in [3.05, 3.63) is 23.8 Å². The van der Waals surface area contributed by atoms with Crippen molar-refractivity contribution in [3.63, 3.8) is 0 Å². The Morgan fingerprint density at radius 1 is 1.58 bits per heavy atom. The summed E-state index contributed by atoms with van der Waals surface area (Å²) in [4.78, 5) is 3.28. The first kappa shape index (κ1) is 8.96. The van der Waals surface area contributed by atoms with E-state index in [2.05, 4.69) is 9.64 Å². The average Bonchev–Trinajstić information content (AvgIpc) is 1.97. The lowest BCUT2D eigenvalue weighted by molar-refractivity contribution is 0.279. The maximum atomic E-state index is 12.8. The molecule has 0 unspecified atom stereocenters. The molecule has 4 nitrogen and oxygen atoms in total. The van der Waals surface area contributed by atoms with Crippen molar-refractivity contribution in [2.45, 2.75) is 6.92 Å². The van der Waals surface area contributed by atoms with Crippen LogP contribution < -0.4 is 4.65 Å². The molecule has 0 saturated carbocycles. The molecule has 0 radical (unpaired) electrons. The number of hydrogen-bond donors (Lipinski definition) is 2. The van der Waals surface area contributed by atoms with Crippen LogP contribution in [0.2, 0.25) is 0 Å². The molecule has 12 heavy (non-hydrogen) atoms. The van der Waals surface area contributed by atoms with Gasteiger partial charge in [-0.3, -0.25) is 0 Å². The van der Waals surface area contributed by atoms with Gasteiger partial charge in [0, 0.05) is 6.20 Å². The van der Waals surface area contributed by atoms with Crippen LogP contribution in [0.25, 0.3) is 0 Å². The Balaban J connectivity index is 2.96. The maximum absolute atomic E-state index is 12.8. The Hall–Kier alpha value is -1.14. The second-order valence-electron chi connectivity index (χ2n) is 2.19. The van der Waals surface area contributed by atoms with E-state index in [-0.39, 0.29) is 5.75 Å². The van der Waals surface area contributed by atoms with Gasteiger partial charge in [-0.2, -0.15) is 4.39 Å². The van der Waals surface area contributed by atoms with Gasteiger partial charge >= 0.3 is 7.32 Å². The molecule has 0 atom stereocenters. The second kappa shape index (κ2) is 3.51. The van der Waals surface area contributed by atoms with E-state index in [0.29, 0.717) is 5.56 Å². The monoisotopic (exact) mass is 171 g/mol. The number of rotatable bonds is 2. The van der Waals surface area contributed by atoms with Crippen molar-refractivity contribution >= 4 is 7.32 Å². The summed E-state index contributed by atoms with van der Waals surface area (Å²) in [5.74, 6) is -1.10. The predicted octanol–water partition coefficient (Wildman–Crippen LogP) is -0.123. The van der Waals surface area contributed by atoms with E-state index in [1.807, 2.05) is 0 Å². The van der Waals surface area contributed by atoms with Crippen molar-refractivity contribution in [2.24, 2.45) is 0 Å². The first-order valence-electron chi connectivity index (χ1n) is 3.25. The fourth-order valence-electron chi connectivity index (χ4n) is 0.759. The lowest BCUT2D eigenvalue weighted by Crippen LogP contribution is -2.22. The summed E-state index contributed by atoms with van der Waals surface area (Å²) in [5, 5.41) is 16.8. The minimum atomic E-state index is -2.03. The standard InChI is InChI=1S/C6H7BFNO3/c1-4-2-3-9-6(8)5(4)12-7(10)11/h2-3,10-11H,1H3. The predicted molar refractivity (Wildman–Crippen MR) is 39.8 cm³/mol. The zero-order valence-corrected chi connectivity index (χ0v) is 6.36. The summed E-state index contributed by atoms with van der Waals surface area (Å²) in [6, 6.07) is 1.50. The normalized spacial score (nSPS) is 9.67. The van der Waals surface area contributed by atoms with Crippen LogP contribution in [0, 0.1) is 12.9 Å². The molecule has 0 bridgehead atoms. The highest BCUT2D eigenvalue weighted by Crippen LogP contribution is 2.19. The first-order chi connectivity index (χ1) is 5.61. The van der Waals surface area contributed by atoms with Crippen LogP contribution >= 0.6 is 0 Å². The van der Waals surface area contributed by atoms with Crippen molar-refractivity contribution < 1.29 is 19.1 Å². The van der Waals surface area contributed by atoms with Gasteiger partial charge in [0.2, 0.25) is 0 Å². The fraction of sp³-hybridized carbons (Fsp3) is 0.167. The number of pyridine rings is 1. The van der Waals surface area contributed by atoms with Gasteiger partial charge in [0.25, 0.3) is 5.95 Å². The maximum Gasteiger partial charge on any atom is 0.707 e. The van der Waals surface area contributed by atoms with Gasteiger partial charge in [-0.05, 0) is 18.6 Å². The van der Waals surface area contributed by atoms with Crippen molar-refractivity contribution in [1.82, 2.24) is 4.98 Å². The minimum absolute atomic E-state index is 0.243. The molecule has 6 heteroatoms. The topological polar surface area (TPSA) is 62.6 Å². The third-order valence-electron chi connectivity index (χ3n) is 1.28. The summed E-state index contributed by atoms with van der Waals surface area (Å²) in [6.07, 6.45) is 1.27. The van der Waals surface area contributed by atoms with Gasteiger partial charge in [-0.1, -0.05) is 0 Å². The van der Waals surface area contributed by atoms with Crippen molar-refractivity contribution in [1.29, 1.82) is 0 Å². The molecular weight excluding hydrogens is 164 g/mol. The van der Waals surface area contributed by atoms with Crippen LogP contribution in [0.4, 0.5) is 4.39 Å². The molecule has 0 aromatic carbocycles. The Bertz CT molecular complexity index is 261. The Kier molecular flexibility index (Phi) is 2.62. The smallest absolute Gasteiger partial charge is 0.508 e. The summed E-state index contributed by atoms with van der Waals surface area (Å²) in [6.45, 7) is 1.57. The summed E-state index contributed by atoms with van der Waals surface area (Å²) in [7, 11) is -2.03. The Morgan fingerprint density at radius 3 is 2.75 bits per heavy atom. The van der Waals surface area contributed by atoms with Crippen LogP contribution in [-0.2, 0) is 0 Å². The lowest BCUT2D eigenvalue weighted by Gasteiger charge is -2.07. The Morgan fingerprint density at radius 2 is 2.25 bits per heavy atom. The van der Waals surface area contributed by atoms with E-state index in [0.717, 1.165) is 0 Å². The number of aryl methyl sites for hydroxylation is 1. The molecule has 0 spiro atoms. The van der Waals surface area contributed by atoms with E-state index in [1.54, 1.807) is 6.92 Å². The molecule has 0 fully saturated rings. The van der Waals surface area contributed by atoms with Crippen LogP contribution in [-0.4, -0.2) is 22.4 Å². The molecule has 1 aromatic rings. The van der Waals surface area contributed by atoms with E-state index >= 15 is 0 Å². The number of hydrogen-bond acceptors (Lipinski definition) is 4. The number of nitrogens with zero attached hydrogens (tertiary/aromatic N) is 1. The van der Waals surface area contributed by atoms with Crippen LogP contribution in [0.1, 0.15) is 5.56 Å². The third kappa shape index (κ3) is 1.93. The lowest BCUT2D eigenvalue weighted by atomic mass is 10.2. The highest BCUT2D eigenvalue weighted by Gasteiger charge is 2.16. The fourth-order valence-corrected chi connectivity index (χ4v) is 0.759. The van der Waals surface area contributed by atoms with Crippen molar-refractivity contribution in [3.8, 4) is 5.75 Å². The molecule has 1 heterocycles. The van der Waals surface area contributed by atoms with Gasteiger partial charge in [-0.15, -0.1) is 0 Å². The van der Waals surface area contributed by atoms with E-state index in [1.165, 1.54) is 12.3 Å². The van der Waals surface area contributed by atoms with E-state index < -0.39 is 13.3 Å². The highest BCUT2D eigenvalue weighted by molar-refractivity contribution is 6.33. The van der Waals surface area contributed by atoms with Gasteiger partial charge in [0.05, 0.1) is 0 Å². The molecule has 2 N–H and O–H groups in total. The first-order valence-corrected chi connectivity index (χ1v) is 3.25. The third-order valence-corrected chi connectivity index (χ3v) is 1.28. The van der Waals surface area contributed by atoms with E-state index in [9.17, 15) is 4.39 Å². The summed E-state index contributed by atoms with van der Waals surface area (Å²) in [5.41, 5.74) is 0.454. The average molecular weight is 171 g/mol. The number of aromatic nitrogens is 1. The molecule has 1 aromatic heterocycles. The van der Waals surface area contributed by atoms with Crippen molar-refractivity contribution in [2.75, 3.05) is 0 Å². The van der Waals surface area contributed by atoms with Gasteiger partial charge in [0.15, 0.2) is 5.75 Å². The summed E-state index contributed by atoms with van der Waals surface area (Å²) < 4.78 is 17.1. The Labute approximate surface area is 68.8 Å². The summed E-state index contributed by atoms with van der Waals surface area (Å²) >= 11 is 0. The molecule has 64 valence electrons. The largest absolute Gasteiger partial charge is 0.707 e. The molecule has 0 aliphatic heterocycles. The van der Waals surface area contributed by atoms with E-state index in [4.69, 9.17) is 10.0 Å². The minimum Gasteiger partial charge on any atom is -0.508 e. The van der Waals surface area contributed by atoms with Gasteiger partial charge in [0.1, 0.15) is 0 Å². The SMILES string of the molecule is Cc1ccnc(F)c1OB(O)O. The molecule has 0 aliphatic rings. The number of halogens is 1. The molecule has 0 amide bonds. The zero-order chi connectivity index (χ0) is 9.14. The molecule has 0 aliphatic carbocycles. The molecular formula is C6H7BFNO3. The second-order valence-corrected chi connectivity index (χ2v) is 2.19. The van der Waals surface area contributed by atoms with Gasteiger partial charge in [-0.25, -0.2) is 4.98 Å².